The van der Waals surface area contributed by atoms with Crippen molar-refractivity contribution in [2.45, 2.75) is 20.3 Å². The van der Waals surface area contributed by atoms with Gasteiger partial charge in [-0.1, -0.05) is 30.6 Å². The monoisotopic (exact) mass is 348 g/mol. The van der Waals surface area contributed by atoms with Gasteiger partial charge >= 0.3 is 0 Å². The Labute approximate surface area is 126 Å². The standard InChI is InChI=1S/C12H18BrClN4O/c1-8(2)7-18(4-3-11(15)17-19)12-10(13)5-9(14)6-16-12/h5-6,8,19H,3-4,7H2,1-2H3,(H2,15,17). The average Bonchev–Trinajstić information content (AvgIpc) is 2.34. The van der Waals surface area contributed by atoms with E-state index in [9.17, 15) is 0 Å². The van der Waals surface area contributed by atoms with Crippen molar-refractivity contribution in [2.24, 2.45) is 16.8 Å². The van der Waals surface area contributed by atoms with Crippen LogP contribution in [-0.2, 0) is 0 Å². The third-order valence-electron chi connectivity index (χ3n) is 2.44. The van der Waals surface area contributed by atoms with Crippen molar-refractivity contribution in [1.82, 2.24) is 4.98 Å². The highest BCUT2D eigenvalue weighted by atomic mass is 79.9. The Bertz CT molecular complexity index is 453. The lowest BCUT2D eigenvalue weighted by atomic mass is 10.2. The van der Waals surface area contributed by atoms with Gasteiger partial charge in [0.05, 0.1) is 9.50 Å². The second kappa shape index (κ2) is 7.55. The number of halogens is 2. The van der Waals surface area contributed by atoms with Gasteiger partial charge in [0, 0.05) is 25.7 Å². The molecule has 0 spiro atoms. The van der Waals surface area contributed by atoms with Crippen molar-refractivity contribution in [1.29, 1.82) is 0 Å². The van der Waals surface area contributed by atoms with Gasteiger partial charge in [0.25, 0.3) is 0 Å². The van der Waals surface area contributed by atoms with Crippen molar-refractivity contribution in [3.05, 3.63) is 21.8 Å². The lowest BCUT2D eigenvalue weighted by Crippen LogP contribution is -2.32. The Balaban J connectivity index is 2.89. The first kappa shape index (κ1) is 16.0. The predicted octanol–water partition coefficient (Wildman–Crippen LogP) is 3.10. The largest absolute Gasteiger partial charge is 0.409 e. The Kier molecular flexibility index (Phi) is 6.37. The van der Waals surface area contributed by atoms with Crippen molar-refractivity contribution in [2.75, 3.05) is 18.0 Å². The van der Waals surface area contributed by atoms with Gasteiger partial charge in [-0.3, -0.25) is 0 Å². The van der Waals surface area contributed by atoms with Crippen molar-refractivity contribution in [3.63, 3.8) is 0 Å². The number of aromatic nitrogens is 1. The van der Waals surface area contributed by atoms with E-state index in [1.54, 1.807) is 12.3 Å². The van der Waals surface area contributed by atoms with Gasteiger partial charge in [-0.15, -0.1) is 0 Å². The Morgan fingerprint density at radius 3 is 2.84 bits per heavy atom. The minimum absolute atomic E-state index is 0.207. The van der Waals surface area contributed by atoms with Crippen LogP contribution in [0.15, 0.2) is 21.9 Å². The van der Waals surface area contributed by atoms with Crippen LogP contribution in [0.1, 0.15) is 20.3 Å². The Morgan fingerprint density at radius 1 is 1.63 bits per heavy atom. The van der Waals surface area contributed by atoms with Crippen LogP contribution >= 0.6 is 27.5 Å². The summed E-state index contributed by atoms with van der Waals surface area (Å²) in [5, 5.41) is 12.2. The van der Waals surface area contributed by atoms with E-state index in [0.717, 1.165) is 16.8 Å². The molecule has 0 amide bonds. The molecule has 0 saturated heterocycles. The normalized spacial score (nSPS) is 11.9. The minimum Gasteiger partial charge on any atom is -0.409 e. The molecule has 1 aromatic rings. The SMILES string of the molecule is CC(C)CN(CCC(N)=NO)c1ncc(Cl)cc1Br. The van der Waals surface area contributed by atoms with Gasteiger partial charge < -0.3 is 15.8 Å². The van der Waals surface area contributed by atoms with Gasteiger partial charge in [0.15, 0.2) is 0 Å². The van der Waals surface area contributed by atoms with E-state index in [2.05, 4.69) is 44.8 Å². The number of nitrogens with zero attached hydrogens (tertiary/aromatic N) is 3. The van der Waals surface area contributed by atoms with Gasteiger partial charge in [-0.25, -0.2) is 4.98 Å². The van der Waals surface area contributed by atoms with Crippen LogP contribution in [0.25, 0.3) is 0 Å². The van der Waals surface area contributed by atoms with Crippen LogP contribution in [0.3, 0.4) is 0 Å². The summed E-state index contributed by atoms with van der Waals surface area (Å²) in [5.74, 6) is 1.49. The summed E-state index contributed by atoms with van der Waals surface area (Å²) < 4.78 is 0.833. The van der Waals surface area contributed by atoms with Crippen LogP contribution in [0.4, 0.5) is 5.82 Å². The van der Waals surface area contributed by atoms with Gasteiger partial charge in [-0.2, -0.15) is 0 Å². The van der Waals surface area contributed by atoms with E-state index in [1.807, 2.05) is 0 Å². The molecule has 5 nitrogen and oxygen atoms in total. The van der Waals surface area contributed by atoms with E-state index >= 15 is 0 Å². The third kappa shape index (κ3) is 5.24. The number of oxime groups is 1. The number of hydrogen-bond acceptors (Lipinski definition) is 4. The smallest absolute Gasteiger partial charge is 0.142 e. The van der Waals surface area contributed by atoms with Crippen molar-refractivity contribution in [3.8, 4) is 0 Å². The molecule has 1 heterocycles. The molecule has 0 radical (unpaired) electrons. The number of nitrogens with two attached hydrogens (primary N) is 1. The number of anilines is 1. The maximum Gasteiger partial charge on any atom is 0.142 e. The summed E-state index contributed by atoms with van der Waals surface area (Å²) in [7, 11) is 0. The fourth-order valence-corrected chi connectivity index (χ4v) is 2.55. The predicted molar refractivity (Wildman–Crippen MR) is 82.0 cm³/mol. The molecule has 0 aliphatic carbocycles. The fraction of sp³-hybridized carbons (Fsp3) is 0.500. The molecule has 0 unspecified atom stereocenters. The second-order valence-corrected chi connectivity index (χ2v) is 5.93. The van der Waals surface area contributed by atoms with E-state index in [1.165, 1.54) is 0 Å². The molecule has 19 heavy (non-hydrogen) atoms. The van der Waals surface area contributed by atoms with E-state index in [4.69, 9.17) is 22.5 Å². The molecule has 7 heteroatoms. The Morgan fingerprint density at radius 2 is 2.32 bits per heavy atom. The van der Waals surface area contributed by atoms with Crippen LogP contribution in [0.5, 0.6) is 0 Å². The zero-order valence-corrected chi connectivity index (χ0v) is 13.3. The highest BCUT2D eigenvalue weighted by Gasteiger charge is 2.14. The molecular weight excluding hydrogens is 332 g/mol. The van der Waals surface area contributed by atoms with Crippen LogP contribution < -0.4 is 10.6 Å². The molecule has 0 fully saturated rings. The summed E-state index contributed by atoms with van der Waals surface area (Å²) in [4.78, 5) is 6.43. The summed E-state index contributed by atoms with van der Waals surface area (Å²) in [6.07, 6.45) is 2.08. The number of pyridine rings is 1. The Hall–Kier alpha value is -1.01. The topological polar surface area (TPSA) is 74.7 Å². The van der Waals surface area contributed by atoms with E-state index in [0.29, 0.717) is 23.9 Å². The molecule has 0 aliphatic heterocycles. The highest BCUT2D eigenvalue weighted by molar-refractivity contribution is 9.10. The molecule has 0 aliphatic rings. The molecule has 1 rings (SSSR count). The van der Waals surface area contributed by atoms with Gasteiger partial charge in [-0.05, 0) is 27.9 Å². The van der Waals surface area contributed by atoms with Gasteiger partial charge in [0.1, 0.15) is 11.7 Å². The second-order valence-electron chi connectivity index (χ2n) is 4.64. The molecule has 1 aromatic heterocycles. The molecule has 0 atom stereocenters. The lowest BCUT2D eigenvalue weighted by molar-refractivity contribution is 0.317. The number of amidine groups is 1. The summed E-state index contributed by atoms with van der Waals surface area (Å²) in [6.45, 7) is 5.70. The maximum atomic E-state index is 8.59. The summed E-state index contributed by atoms with van der Waals surface area (Å²) in [6, 6.07) is 1.81. The van der Waals surface area contributed by atoms with Crippen LogP contribution in [0, 0.1) is 5.92 Å². The van der Waals surface area contributed by atoms with E-state index in [-0.39, 0.29) is 5.84 Å². The first-order valence-corrected chi connectivity index (χ1v) is 7.13. The molecule has 106 valence electrons. The van der Waals surface area contributed by atoms with Crippen LogP contribution in [0.2, 0.25) is 5.02 Å². The molecular formula is C12H18BrClN4O. The van der Waals surface area contributed by atoms with Crippen molar-refractivity contribution < 1.29 is 5.21 Å². The molecule has 0 bridgehead atoms. The fourth-order valence-electron chi connectivity index (χ4n) is 1.66. The quantitative estimate of drug-likeness (QED) is 0.358. The maximum absolute atomic E-state index is 8.59. The molecule has 0 aromatic carbocycles. The van der Waals surface area contributed by atoms with Crippen molar-refractivity contribution >= 4 is 39.2 Å². The number of rotatable bonds is 6. The zero-order chi connectivity index (χ0) is 14.4. The minimum atomic E-state index is 0.207. The third-order valence-corrected chi connectivity index (χ3v) is 3.23. The van der Waals surface area contributed by atoms with Gasteiger partial charge in [0.2, 0.25) is 0 Å². The molecule has 0 saturated carbocycles. The average molecular weight is 350 g/mol. The first-order chi connectivity index (χ1) is 8.93. The molecule has 3 N–H and O–H groups in total. The van der Waals surface area contributed by atoms with E-state index < -0.39 is 0 Å². The zero-order valence-electron chi connectivity index (χ0n) is 11.0. The highest BCUT2D eigenvalue weighted by Crippen LogP contribution is 2.27. The first-order valence-electron chi connectivity index (χ1n) is 5.96. The summed E-state index contributed by atoms with van der Waals surface area (Å²) in [5.41, 5.74) is 5.51. The lowest BCUT2D eigenvalue weighted by Gasteiger charge is -2.26. The van der Waals surface area contributed by atoms with Crippen LogP contribution in [-0.4, -0.2) is 29.1 Å². The number of hydrogen-bond donors (Lipinski definition) is 2. The summed E-state index contributed by atoms with van der Waals surface area (Å²) >= 11 is 9.36.